The Bertz CT molecular complexity index is 1700. The highest BCUT2D eigenvalue weighted by Gasteiger charge is 2.40. The highest BCUT2D eigenvalue weighted by Crippen LogP contribution is 2.40. The van der Waals surface area contributed by atoms with Crippen LogP contribution in [-0.2, 0) is 19.1 Å². The van der Waals surface area contributed by atoms with Crippen molar-refractivity contribution in [1.82, 2.24) is 4.57 Å². The molecule has 0 saturated carbocycles. The maximum Gasteiger partial charge on any atom is 0.338 e. The van der Waals surface area contributed by atoms with Crippen LogP contribution in [0, 0.1) is 0 Å². The molecule has 4 rings (SSSR count). The van der Waals surface area contributed by atoms with Crippen LogP contribution in [0.3, 0.4) is 0 Å². The maximum atomic E-state index is 13.7. The zero-order valence-corrected chi connectivity index (χ0v) is 23.5. The van der Waals surface area contributed by atoms with Gasteiger partial charge in [0.05, 0.1) is 64.3 Å². The summed E-state index contributed by atoms with van der Waals surface area (Å²) in [5.74, 6) is -0.957. The smallest absolute Gasteiger partial charge is 0.338 e. The van der Waals surface area contributed by atoms with Crippen LogP contribution in [0.4, 0.5) is 0 Å². The lowest BCUT2D eigenvalue weighted by molar-refractivity contribution is -0.136. The van der Waals surface area contributed by atoms with Gasteiger partial charge in [0.25, 0.3) is 5.56 Å². The number of nitrogens with two attached hydrogens (primary N) is 1. The molecule has 1 aromatic heterocycles. The predicted octanol–water partition coefficient (Wildman–Crippen LogP) is 1.19. The number of thiazole rings is 1. The van der Waals surface area contributed by atoms with Gasteiger partial charge in [0, 0.05) is 0 Å². The fourth-order valence-electron chi connectivity index (χ4n) is 4.52. The van der Waals surface area contributed by atoms with Gasteiger partial charge in [0.1, 0.15) is 10.5 Å². The summed E-state index contributed by atoms with van der Waals surface area (Å²) in [6.45, 7) is 0. The Morgan fingerprint density at radius 3 is 1.93 bits per heavy atom. The molecule has 0 fully saturated rings. The van der Waals surface area contributed by atoms with Crippen molar-refractivity contribution < 1.29 is 38.0 Å². The number of rotatable bonds is 8. The van der Waals surface area contributed by atoms with E-state index in [0.29, 0.717) is 34.1 Å². The molecule has 2 N–H and O–H groups in total. The van der Waals surface area contributed by atoms with Crippen LogP contribution in [-0.4, -0.2) is 59.2 Å². The average molecular weight is 569 g/mol. The van der Waals surface area contributed by atoms with Crippen LogP contribution >= 0.6 is 11.3 Å². The predicted molar refractivity (Wildman–Crippen MR) is 148 cm³/mol. The fraction of sp³-hybridized carbons (Fsp3) is 0.250. The summed E-state index contributed by atoms with van der Waals surface area (Å²) in [5, 5.41) is 0. The Labute approximate surface area is 233 Å². The quantitative estimate of drug-likeness (QED) is 0.395. The van der Waals surface area contributed by atoms with Crippen LogP contribution in [0.1, 0.15) is 17.0 Å². The van der Waals surface area contributed by atoms with Gasteiger partial charge in [0.15, 0.2) is 23.0 Å². The summed E-state index contributed by atoms with van der Waals surface area (Å²) < 4.78 is 33.2. The molecule has 0 amide bonds. The van der Waals surface area contributed by atoms with Gasteiger partial charge in [-0.2, -0.15) is 0 Å². The summed E-state index contributed by atoms with van der Waals surface area (Å²) in [6.07, 6.45) is 1.63. The third kappa shape index (κ3) is 4.77. The second-order valence-electron chi connectivity index (χ2n) is 8.41. The first-order chi connectivity index (χ1) is 19.2. The lowest BCUT2D eigenvalue weighted by atomic mass is 9.83. The number of benzene rings is 2. The molecule has 210 valence electrons. The molecular formula is C28H28N2O9S. The topological polar surface area (TPSA) is 138 Å². The second kappa shape index (κ2) is 11.6. The minimum absolute atomic E-state index is 0.0402. The number of carbonyl (C=O) groups is 2. The van der Waals surface area contributed by atoms with Gasteiger partial charge in [-0.1, -0.05) is 12.1 Å². The van der Waals surface area contributed by atoms with Gasteiger partial charge in [-0.25, -0.2) is 9.59 Å². The van der Waals surface area contributed by atoms with Crippen LogP contribution in [0.25, 0.3) is 17.5 Å². The van der Waals surface area contributed by atoms with E-state index in [9.17, 15) is 14.4 Å². The number of esters is 2. The van der Waals surface area contributed by atoms with Crippen LogP contribution in [0.15, 0.2) is 46.8 Å². The third-order valence-electron chi connectivity index (χ3n) is 6.41. The SMILES string of the molecule is COC(=O)C1=C(N)n2c(s/c(=C\c3ccc(OC)c(OC)c3)c2=O)=C(C(=O)OC)C1c1ccc(OC)c(OC)c1. The number of aromatic nitrogens is 1. The lowest BCUT2D eigenvalue weighted by Crippen LogP contribution is -2.41. The minimum Gasteiger partial charge on any atom is -0.493 e. The van der Waals surface area contributed by atoms with Crippen molar-refractivity contribution in [3.63, 3.8) is 0 Å². The van der Waals surface area contributed by atoms with Crippen molar-refractivity contribution in [1.29, 1.82) is 0 Å². The van der Waals surface area contributed by atoms with E-state index >= 15 is 0 Å². The van der Waals surface area contributed by atoms with E-state index in [1.807, 2.05) is 0 Å². The van der Waals surface area contributed by atoms with Gasteiger partial charge in [-0.3, -0.25) is 9.36 Å². The standard InChI is InChI=1S/C28H28N2O9S/c1-34-16-9-7-14(11-18(16)36-3)12-20-25(31)30-24(29)22(27(32)38-5)21(23(26(30)40-20)28(33)39-6)15-8-10-17(35-2)19(13-15)37-4/h7-13,21H,29H2,1-6H3/b20-12-. The molecule has 2 heterocycles. The van der Waals surface area contributed by atoms with E-state index in [0.717, 1.165) is 15.9 Å². The van der Waals surface area contributed by atoms with Crippen molar-refractivity contribution in [3.05, 3.63) is 72.6 Å². The van der Waals surface area contributed by atoms with E-state index in [1.165, 1.54) is 42.7 Å². The van der Waals surface area contributed by atoms with Gasteiger partial charge in [-0.05, 0) is 41.5 Å². The van der Waals surface area contributed by atoms with Crippen LogP contribution in [0.2, 0.25) is 0 Å². The summed E-state index contributed by atoms with van der Waals surface area (Å²) >= 11 is 1.04. The first-order valence-electron chi connectivity index (χ1n) is 11.8. The molecule has 12 heteroatoms. The fourth-order valence-corrected chi connectivity index (χ4v) is 5.69. The van der Waals surface area contributed by atoms with E-state index in [4.69, 9.17) is 34.2 Å². The maximum absolute atomic E-state index is 13.7. The van der Waals surface area contributed by atoms with E-state index in [-0.39, 0.29) is 26.2 Å². The molecule has 1 unspecified atom stereocenters. The summed E-state index contributed by atoms with van der Waals surface area (Å²) in [6, 6.07) is 10.1. The number of carbonyl (C=O) groups excluding carboxylic acids is 2. The molecule has 1 aliphatic heterocycles. The van der Waals surface area contributed by atoms with Crippen molar-refractivity contribution in [2.45, 2.75) is 5.92 Å². The zero-order chi connectivity index (χ0) is 29.1. The number of nitrogens with zero attached hydrogens (tertiary/aromatic N) is 1. The van der Waals surface area contributed by atoms with Crippen molar-refractivity contribution >= 4 is 40.7 Å². The number of fused-ring (bicyclic) bond motifs is 1. The molecule has 2 aromatic carbocycles. The van der Waals surface area contributed by atoms with Crippen molar-refractivity contribution in [3.8, 4) is 23.0 Å². The largest absolute Gasteiger partial charge is 0.493 e. The van der Waals surface area contributed by atoms with Gasteiger partial charge in [0.2, 0.25) is 0 Å². The molecule has 1 atom stereocenters. The molecule has 1 aliphatic rings. The Kier molecular flexibility index (Phi) is 8.19. The molecule has 0 spiro atoms. The molecule has 0 bridgehead atoms. The summed E-state index contributed by atoms with van der Waals surface area (Å²) in [5.41, 5.74) is 7.02. The molecule has 3 aromatic rings. The molecule has 0 saturated heterocycles. The number of hydrogen-bond donors (Lipinski definition) is 1. The Morgan fingerprint density at radius 1 is 0.800 bits per heavy atom. The number of hydrogen-bond acceptors (Lipinski definition) is 11. The highest BCUT2D eigenvalue weighted by molar-refractivity contribution is 7.07. The molecule has 11 nitrogen and oxygen atoms in total. The summed E-state index contributed by atoms with van der Waals surface area (Å²) in [4.78, 5) is 40.1. The average Bonchev–Trinajstić information content (AvgIpc) is 3.30. The van der Waals surface area contributed by atoms with Gasteiger partial charge < -0.3 is 34.2 Å². The van der Waals surface area contributed by atoms with Crippen LogP contribution in [0.5, 0.6) is 23.0 Å². The molecular weight excluding hydrogens is 540 g/mol. The number of ether oxygens (including phenoxy) is 6. The van der Waals surface area contributed by atoms with Crippen molar-refractivity contribution in [2.24, 2.45) is 5.73 Å². The third-order valence-corrected chi connectivity index (χ3v) is 7.51. The van der Waals surface area contributed by atoms with E-state index in [1.54, 1.807) is 42.5 Å². The monoisotopic (exact) mass is 568 g/mol. The van der Waals surface area contributed by atoms with Gasteiger partial charge in [-0.15, -0.1) is 11.3 Å². The molecule has 0 aliphatic carbocycles. The normalized spacial score (nSPS) is 14.9. The van der Waals surface area contributed by atoms with E-state index in [2.05, 4.69) is 0 Å². The van der Waals surface area contributed by atoms with Gasteiger partial charge >= 0.3 is 11.9 Å². The van der Waals surface area contributed by atoms with E-state index < -0.39 is 23.4 Å². The first-order valence-corrected chi connectivity index (χ1v) is 12.6. The van der Waals surface area contributed by atoms with Crippen molar-refractivity contribution in [2.75, 3.05) is 42.7 Å². The first kappa shape index (κ1) is 28.3. The molecule has 0 radical (unpaired) electrons. The highest BCUT2D eigenvalue weighted by atomic mass is 32.1. The Balaban J connectivity index is 2.09. The Morgan fingerprint density at radius 2 is 1.35 bits per heavy atom. The lowest BCUT2D eigenvalue weighted by Gasteiger charge is -2.27. The zero-order valence-electron chi connectivity index (χ0n) is 22.7. The second-order valence-corrected chi connectivity index (χ2v) is 9.44. The summed E-state index contributed by atoms with van der Waals surface area (Å²) in [7, 11) is 8.39. The minimum atomic E-state index is -1.04. The van der Waals surface area contributed by atoms with Crippen LogP contribution < -0.4 is 39.4 Å². The number of methoxy groups -OCH3 is 6. The molecule has 40 heavy (non-hydrogen) atoms. The Hall–Kier alpha value is -4.71.